The number of benzene rings is 2. The van der Waals surface area contributed by atoms with Gasteiger partial charge in [0.25, 0.3) is 5.69 Å². The van der Waals surface area contributed by atoms with Gasteiger partial charge in [0.15, 0.2) is 0 Å². The maximum atomic E-state index is 11.2. The van der Waals surface area contributed by atoms with E-state index in [1.54, 1.807) is 54.7 Å². The van der Waals surface area contributed by atoms with Crippen molar-refractivity contribution >= 4 is 28.6 Å². The SMILES string of the molecule is O=c1ccc2cc(N=Cc3ccc(-c4ccc([N+](=O)[O-])cc4)o3)ccc2o1. The van der Waals surface area contributed by atoms with E-state index in [0.29, 0.717) is 22.8 Å². The van der Waals surface area contributed by atoms with Crippen LogP contribution in [0.1, 0.15) is 5.76 Å². The lowest BCUT2D eigenvalue weighted by molar-refractivity contribution is -0.384. The van der Waals surface area contributed by atoms with Crippen molar-refractivity contribution in [2.75, 3.05) is 0 Å². The van der Waals surface area contributed by atoms with E-state index in [1.165, 1.54) is 18.2 Å². The summed E-state index contributed by atoms with van der Waals surface area (Å²) >= 11 is 0. The maximum Gasteiger partial charge on any atom is 0.336 e. The van der Waals surface area contributed by atoms with Crippen LogP contribution in [0, 0.1) is 10.1 Å². The summed E-state index contributed by atoms with van der Waals surface area (Å²) in [5.74, 6) is 1.13. The molecule has 4 aromatic rings. The van der Waals surface area contributed by atoms with Crippen LogP contribution in [0.4, 0.5) is 11.4 Å². The lowest BCUT2D eigenvalue weighted by Crippen LogP contribution is -1.93. The second-order valence-corrected chi connectivity index (χ2v) is 5.74. The van der Waals surface area contributed by atoms with Gasteiger partial charge in [0, 0.05) is 29.1 Å². The van der Waals surface area contributed by atoms with Crippen molar-refractivity contribution in [1.82, 2.24) is 0 Å². The zero-order chi connectivity index (χ0) is 18.8. The number of rotatable bonds is 4. The minimum atomic E-state index is -0.446. The monoisotopic (exact) mass is 360 g/mol. The van der Waals surface area contributed by atoms with E-state index in [4.69, 9.17) is 8.83 Å². The number of aliphatic imine (C=N–C) groups is 1. The highest BCUT2D eigenvalue weighted by molar-refractivity contribution is 5.84. The molecule has 2 aromatic carbocycles. The average Bonchev–Trinajstić information content (AvgIpc) is 3.15. The largest absolute Gasteiger partial charge is 0.455 e. The van der Waals surface area contributed by atoms with Crippen LogP contribution < -0.4 is 5.63 Å². The van der Waals surface area contributed by atoms with Crippen molar-refractivity contribution in [3.8, 4) is 11.3 Å². The summed E-state index contributed by atoms with van der Waals surface area (Å²) in [6.07, 6.45) is 1.58. The summed E-state index contributed by atoms with van der Waals surface area (Å²) in [6.45, 7) is 0. The lowest BCUT2D eigenvalue weighted by atomic mass is 10.1. The molecule has 7 heteroatoms. The van der Waals surface area contributed by atoms with Crippen LogP contribution in [0.15, 0.2) is 85.4 Å². The predicted octanol–water partition coefficient (Wildman–Crippen LogP) is 4.71. The molecule has 0 N–H and O–H groups in total. The highest BCUT2D eigenvalue weighted by Crippen LogP contribution is 2.25. The van der Waals surface area contributed by atoms with E-state index in [-0.39, 0.29) is 5.69 Å². The first-order valence-electron chi connectivity index (χ1n) is 8.01. The van der Waals surface area contributed by atoms with E-state index in [9.17, 15) is 14.9 Å². The van der Waals surface area contributed by atoms with Gasteiger partial charge in [-0.2, -0.15) is 0 Å². The first-order valence-corrected chi connectivity index (χ1v) is 8.01. The molecule has 0 saturated carbocycles. The van der Waals surface area contributed by atoms with E-state index in [1.807, 2.05) is 0 Å². The molecule has 0 spiro atoms. The Bertz CT molecular complexity index is 1220. The highest BCUT2D eigenvalue weighted by atomic mass is 16.6. The molecule has 0 aliphatic heterocycles. The molecular weight excluding hydrogens is 348 g/mol. The van der Waals surface area contributed by atoms with E-state index >= 15 is 0 Å². The Morgan fingerprint density at radius 2 is 1.74 bits per heavy atom. The van der Waals surface area contributed by atoms with Crippen molar-refractivity contribution in [1.29, 1.82) is 0 Å². The van der Waals surface area contributed by atoms with Gasteiger partial charge in [-0.15, -0.1) is 0 Å². The Morgan fingerprint density at radius 3 is 2.52 bits per heavy atom. The molecular formula is C20H12N2O5. The third kappa shape index (κ3) is 3.52. The van der Waals surface area contributed by atoms with Gasteiger partial charge in [0.2, 0.25) is 0 Å². The van der Waals surface area contributed by atoms with Crippen LogP contribution in [0.2, 0.25) is 0 Å². The summed E-state index contributed by atoms with van der Waals surface area (Å²) in [5.41, 5.74) is 1.55. The fourth-order valence-electron chi connectivity index (χ4n) is 2.60. The van der Waals surface area contributed by atoms with E-state index < -0.39 is 10.5 Å². The molecule has 7 nitrogen and oxygen atoms in total. The first-order chi connectivity index (χ1) is 13.1. The third-order valence-electron chi connectivity index (χ3n) is 3.93. The zero-order valence-corrected chi connectivity index (χ0v) is 13.9. The number of non-ortho nitro benzene ring substituents is 1. The lowest BCUT2D eigenvalue weighted by Gasteiger charge is -1.98. The van der Waals surface area contributed by atoms with Crippen molar-refractivity contribution in [3.05, 3.63) is 93.0 Å². The van der Waals surface area contributed by atoms with Crippen LogP contribution in [0.25, 0.3) is 22.3 Å². The number of fused-ring (bicyclic) bond motifs is 1. The quantitative estimate of drug-likeness (QED) is 0.227. The molecule has 4 rings (SSSR count). The fourth-order valence-corrected chi connectivity index (χ4v) is 2.60. The third-order valence-corrected chi connectivity index (χ3v) is 3.93. The first kappa shape index (κ1) is 16.5. The standard InChI is InChI=1S/C20H12N2O5/c23-20-10-3-14-11-15(4-8-19(14)27-20)21-12-17-7-9-18(26-17)13-1-5-16(6-2-13)22(24)25/h1-12H. The van der Waals surface area contributed by atoms with Gasteiger partial charge in [-0.1, -0.05) is 0 Å². The van der Waals surface area contributed by atoms with Gasteiger partial charge in [-0.05, 0) is 48.5 Å². The molecule has 0 aliphatic rings. The Morgan fingerprint density at radius 1 is 0.926 bits per heavy atom. The van der Waals surface area contributed by atoms with Crippen LogP contribution in [0.5, 0.6) is 0 Å². The Balaban J connectivity index is 1.56. The fraction of sp³-hybridized carbons (Fsp3) is 0. The molecule has 0 atom stereocenters. The molecule has 0 amide bonds. The topological polar surface area (TPSA) is 98.8 Å². The molecule has 0 radical (unpaired) electrons. The number of furan rings is 1. The van der Waals surface area contributed by atoms with Gasteiger partial charge >= 0.3 is 5.63 Å². The smallest absolute Gasteiger partial charge is 0.336 e. The summed E-state index contributed by atoms with van der Waals surface area (Å²) in [7, 11) is 0. The summed E-state index contributed by atoms with van der Waals surface area (Å²) in [4.78, 5) is 25.8. The summed E-state index contributed by atoms with van der Waals surface area (Å²) in [5, 5.41) is 11.5. The van der Waals surface area contributed by atoms with Gasteiger partial charge in [0.05, 0.1) is 16.8 Å². The molecule has 132 valence electrons. The highest BCUT2D eigenvalue weighted by Gasteiger charge is 2.08. The Kier molecular flexibility index (Phi) is 4.10. The molecule has 0 unspecified atom stereocenters. The second kappa shape index (κ2) is 6.72. The molecule has 2 heterocycles. The Labute approximate surface area is 152 Å². The number of hydrogen-bond donors (Lipinski definition) is 0. The van der Waals surface area contributed by atoms with Crippen molar-refractivity contribution in [2.45, 2.75) is 0 Å². The van der Waals surface area contributed by atoms with E-state index in [0.717, 1.165) is 10.9 Å². The molecule has 0 fully saturated rings. The Hall–Kier alpha value is -4.00. The van der Waals surface area contributed by atoms with Crippen molar-refractivity contribution in [3.63, 3.8) is 0 Å². The molecule has 27 heavy (non-hydrogen) atoms. The van der Waals surface area contributed by atoms with Gasteiger partial charge < -0.3 is 8.83 Å². The number of nitro benzene ring substituents is 1. The van der Waals surface area contributed by atoms with Gasteiger partial charge in [-0.25, -0.2) is 4.79 Å². The van der Waals surface area contributed by atoms with Gasteiger partial charge in [-0.3, -0.25) is 15.1 Å². The number of nitrogens with zero attached hydrogens (tertiary/aromatic N) is 2. The van der Waals surface area contributed by atoms with Crippen molar-refractivity contribution in [2.24, 2.45) is 4.99 Å². The van der Waals surface area contributed by atoms with Crippen LogP contribution in [-0.2, 0) is 0 Å². The van der Waals surface area contributed by atoms with Crippen LogP contribution >= 0.6 is 0 Å². The molecule has 0 aliphatic carbocycles. The summed E-state index contributed by atoms with van der Waals surface area (Å²) < 4.78 is 10.8. The minimum Gasteiger partial charge on any atom is -0.455 e. The van der Waals surface area contributed by atoms with Crippen LogP contribution in [0.3, 0.4) is 0 Å². The van der Waals surface area contributed by atoms with Crippen molar-refractivity contribution < 1.29 is 13.8 Å². The maximum absolute atomic E-state index is 11.2. The zero-order valence-electron chi connectivity index (χ0n) is 13.9. The number of nitro groups is 1. The van der Waals surface area contributed by atoms with Gasteiger partial charge in [0.1, 0.15) is 17.1 Å². The van der Waals surface area contributed by atoms with Crippen LogP contribution in [-0.4, -0.2) is 11.1 Å². The summed E-state index contributed by atoms with van der Waals surface area (Å²) in [6, 6.07) is 17.9. The molecule has 2 aromatic heterocycles. The predicted molar refractivity (Wildman–Crippen MR) is 101 cm³/mol. The second-order valence-electron chi connectivity index (χ2n) is 5.74. The molecule has 0 saturated heterocycles. The number of hydrogen-bond acceptors (Lipinski definition) is 6. The normalized spacial score (nSPS) is 11.3. The molecule has 0 bridgehead atoms. The minimum absolute atomic E-state index is 0.0271. The van der Waals surface area contributed by atoms with E-state index in [2.05, 4.69) is 4.99 Å². The average molecular weight is 360 g/mol.